The summed E-state index contributed by atoms with van der Waals surface area (Å²) in [6.45, 7) is 0.841. The van der Waals surface area contributed by atoms with Crippen molar-refractivity contribution >= 4 is 11.8 Å². The molecule has 0 spiro atoms. The van der Waals surface area contributed by atoms with Crippen LogP contribution in [0.1, 0.15) is 15.9 Å². The molecule has 0 amide bonds. The number of benzene rings is 1. The first-order chi connectivity index (χ1) is 11.2. The molecule has 1 aromatic carbocycles. The summed E-state index contributed by atoms with van der Waals surface area (Å²) < 4.78 is 1.79. The molecule has 3 heterocycles. The SMILES string of the molecule is O=C(O)c1ccc(-n2nc(-c3cnccn3)c3c2NCC3)cc1. The van der Waals surface area contributed by atoms with Gasteiger partial charge in [-0.1, -0.05) is 0 Å². The van der Waals surface area contributed by atoms with Crippen LogP contribution in [-0.2, 0) is 6.42 Å². The van der Waals surface area contributed by atoms with Crippen LogP contribution in [0.5, 0.6) is 0 Å². The number of aromatic nitrogens is 4. The molecule has 23 heavy (non-hydrogen) atoms. The van der Waals surface area contributed by atoms with Gasteiger partial charge in [0, 0.05) is 24.5 Å². The van der Waals surface area contributed by atoms with E-state index in [0.29, 0.717) is 0 Å². The first-order valence-electron chi connectivity index (χ1n) is 7.20. The normalized spacial score (nSPS) is 12.7. The van der Waals surface area contributed by atoms with Gasteiger partial charge in [-0.05, 0) is 30.7 Å². The summed E-state index contributed by atoms with van der Waals surface area (Å²) >= 11 is 0. The van der Waals surface area contributed by atoms with Crippen molar-refractivity contribution in [3.8, 4) is 17.1 Å². The van der Waals surface area contributed by atoms with Crippen molar-refractivity contribution in [1.29, 1.82) is 0 Å². The molecule has 2 aromatic heterocycles. The van der Waals surface area contributed by atoms with Gasteiger partial charge < -0.3 is 10.4 Å². The first kappa shape index (κ1) is 13.4. The van der Waals surface area contributed by atoms with E-state index in [9.17, 15) is 4.79 Å². The highest BCUT2D eigenvalue weighted by Gasteiger charge is 2.24. The number of aromatic carboxylic acids is 1. The number of carboxylic acid groups (broad SMARTS) is 1. The minimum atomic E-state index is -0.944. The second-order valence-corrected chi connectivity index (χ2v) is 5.21. The maximum absolute atomic E-state index is 11.0. The summed E-state index contributed by atoms with van der Waals surface area (Å²) in [7, 11) is 0. The Morgan fingerprint density at radius 3 is 2.74 bits per heavy atom. The van der Waals surface area contributed by atoms with E-state index in [1.165, 1.54) is 0 Å². The molecule has 0 fully saturated rings. The van der Waals surface area contributed by atoms with Crippen LogP contribution < -0.4 is 5.32 Å². The predicted molar refractivity (Wildman–Crippen MR) is 83.7 cm³/mol. The summed E-state index contributed by atoms with van der Waals surface area (Å²) in [5, 5.41) is 17.0. The number of carbonyl (C=O) groups is 1. The lowest BCUT2D eigenvalue weighted by atomic mass is 10.1. The average molecular weight is 307 g/mol. The van der Waals surface area contributed by atoms with Crippen LogP contribution in [0.2, 0.25) is 0 Å². The number of rotatable bonds is 3. The third kappa shape index (κ3) is 2.22. The van der Waals surface area contributed by atoms with Crippen molar-refractivity contribution in [2.75, 3.05) is 11.9 Å². The van der Waals surface area contributed by atoms with E-state index in [1.807, 2.05) is 0 Å². The minimum absolute atomic E-state index is 0.250. The highest BCUT2D eigenvalue weighted by atomic mass is 16.4. The second kappa shape index (κ2) is 5.20. The van der Waals surface area contributed by atoms with E-state index >= 15 is 0 Å². The fourth-order valence-corrected chi connectivity index (χ4v) is 2.73. The topological polar surface area (TPSA) is 92.9 Å². The van der Waals surface area contributed by atoms with Gasteiger partial charge in [0.05, 0.1) is 17.4 Å². The molecule has 3 aromatic rings. The van der Waals surface area contributed by atoms with Gasteiger partial charge in [-0.25, -0.2) is 9.48 Å². The number of nitrogens with zero attached hydrogens (tertiary/aromatic N) is 4. The number of anilines is 1. The number of nitrogens with one attached hydrogen (secondary N) is 1. The van der Waals surface area contributed by atoms with Crippen LogP contribution in [0.25, 0.3) is 17.1 Å². The molecule has 4 rings (SSSR count). The Bertz CT molecular complexity index is 871. The molecular formula is C16H13N5O2. The zero-order chi connectivity index (χ0) is 15.8. The van der Waals surface area contributed by atoms with E-state index in [1.54, 1.807) is 47.5 Å². The lowest BCUT2D eigenvalue weighted by Gasteiger charge is -2.06. The molecule has 0 bridgehead atoms. The molecular weight excluding hydrogens is 294 g/mol. The van der Waals surface area contributed by atoms with Crippen molar-refractivity contribution < 1.29 is 9.90 Å². The van der Waals surface area contributed by atoms with Crippen molar-refractivity contribution in [3.63, 3.8) is 0 Å². The lowest BCUT2D eigenvalue weighted by molar-refractivity contribution is 0.0697. The zero-order valence-electron chi connectivity index (χ0n) is 12.1. The molecule has 0 saturated heterocycles. The smallest absolute Gasteiger partial charge is 0.335 e. The summed E-state index contributed by atoms with van der Waals surface area (Å²) in [6, 6.07) is 6.64. The summed E-state index contributed by atoms with van der Waals surface area (Å²) in [6.07, 6.45) is 5.83. The van der Waals surface area contributed by atoms with Gasteiger partial charge in [-0.2, -0.15) is 5.10 Å². The fraction of sp³-hybridized carbons (Fsp3) is 0.125. The molecule has 0 aliphatic carbocycles. The molecule has 0 unspecified atom stereocenters. The molecule has 0 atom stereocenters. The number of fused-ring (bicyclic) bond motifs is 1. The highest BCUT2D eigenvalue weighted by Crippen LogP contribution is 2.33. The Balaban J connectivity index is 1.82. The standard InChI is InChI=1S/C16H13N5O2/c22-16(23)10-1-3-11(4-2-10)21-15-12(5-6-19-15)14(20-21)13-9-17-7-8-18-13/h1-4,7-9,19H,5-6H2,(H,22,23). The van der Waals surface area contributed by atoms with Gasteiger partial charge in [0.1, 0.15) is 17.2 Å². The molecule has 1 aliphatic rings. The number of hydrogen-bond acceptors (Lipinski definition) is 5. The van der Waals surface area contributed by atoms with E-state index in [2.05, 4.69) is 20.4 Å². The van der Waals surface area contributed by atoms with Crippen LogP contribution in [0.3, 0.4) is 0 Å². The Morgan fingerprint density at radius 2 is 2.04 bits per heavy atom. The quantitative estimate of drug-likeness (QED) is 0.768. The van der Waals surface area contributed by atoms with Crippen LogP contribution in [0.4, 0.5) is 5.82 Å². The third-order valence-corrected chi connectivity index (χ3v) is 3.82. The molecule has 2 N–H and O–H groups in total. The number of hydrogen-bond donors (Lipinski definition) is 2. The van der Waals surface area contributed by atoms with Crippen molar-refractivity contribution in [1.82, 2.24) is 19.7 Å². The monoisotopic (exact) mass is 307 g/mol. The maximum Gasteiger partial charge on any atom is 0.335 e. The molecule has 1 aliphatic heterocycles. The van der Waals surface area contributed by atoms with Crippen LogP contribution in [-0.4, -0.2) is 37.4 Å². The van der Waals surface area contributed by atoms with E-state index in [-0.39, 0.29) is 5.56 Å². The highest BCUT2D eigenvalue weighted by molar-refractivity contribution is 5.87. The molecule has 0 saturated carbocycles. The Hall–Kier alpha value is -3.22. The van der Waals surface area contributed by atoms with E-state index < -0.39 is 5.97 Å². The van der Waals surface area contributed by atoms with Gasteiger partial charge in [-0.3, -0.25) is 9.97 Å². The van der Waals surface area contributed by atoms with Gasteiger partial charge in [0.2, 0.25) is 0 Å². The Labute approximate surface area is 131 Å². The zero-order valence-corrected chi connectivity index (χ0v) is 12.1. The summed E-state index contributed by atoms with van der Waals surface area (Å²) in [4.78, 5) is 19.4. The van der Waals surface area contributed by atoms with E-state index in [4.69, 9.17) is 5.11 Å². The predicted octanol–water partition coefficient (Wildman–Crippen LogP) is 2.00. The first-order valence-corrected chi connectivity index (χ1v) is 7.20. The Kier molecular flexibility index (Phi) is 3.04. The summed E-state index contributed by atoms with van der Waals surface area (Å²) in [5.41, 5.74) is 3.69. The van der Waals surface area contributed by atoms with Crippen LogP contribution in [0, 0.1) is 0 Å². The Morgan fingerprint density at radius 1 is 1.22 bits per heavy atom. The molecule has 0 radical (unpaired) electrons. The van der Waals surface area contributed by atoms with Crippen molar-refractivity contribution in [3.05, 3.63) is 54.0 Å². The fourth-order valence-electron chi connectivity index (χ4n) is 2.73. The molecule has 7 nitrogen and oxygen atoms in total. The number of carboxylic acids is 1. The lowest BCUT2D eigenvalue weighted by Crippen LogP contribution is -2.05. The van der Waals surface area contributed by atoms with Crippen LogP contribution >= 0.6 is 0 Å². The van der Waals surface area contributed by atoms with E-state index in [0.717, 1.165) is 41.4 Å². The second-order valence-electron chi connectivity index (χ2n) is 5.21. The van der Waals surface area contributed by atoms with Gasteiger partial charge in [-0.15, -0.1) is 0 Å². The summed E-state index contributed by atoms with van der Waals surface area (Å²) in [5.74, 6) is -0.0191. The molecule has 7 heteroatoms. The van der Waals surface area contributed by atoms with Gasteiger partial charge >= 0.3 is 5.97 Å². The van der Waals surface area contributed by atoms with Gasteiger partial charge in [0.25, 0.3) is 0 Å². The minimum Gasteiger partial charge on any atom is -0.478 e. The third-order valence-electron chi connectivity index (χ3n) is 3.82. The maximum atomic E-state index is 11.0. The molecule has 114 valence electrons. The van der Waals surface area contributed by atoms with Crippen molar-refractivity contribution in [2.24, 2.45) is 0 Å². The van der Waals surface area contributed by atoms with Gasteiger partial charge in [0.15, 0.2) is 0 Å². The van der Waals surface area contributed by atoms with Crippen LogP contribution in [0.15, 0.2) is 42.9 Å². The largest absolute Gasteiger partial charge is 0.478 e. The average Bonchev–Trinajstić information content (AvgIpc) is 3.18. The van der Waals surface area contributed by atoms with Crippen molar-refractivity contribution in [2.45, 2.75) is 6.42 Å².